The second-order valence-corrected chi connectivity index (χ2v) is 8.04. The molecule has 1 aliphatic heterocycles. The number of benzene rings is 3. The van der Waals surface area contributed by atoms with Gasteiger partial charge in [-0.3, -0.25) is 9.69 Å². The lowest BCUT2D eigenvalue weighted by Crippen LogP contribution is -2.32. The monoisotopic (exact) mass is 445 g/mol. The van der Waals surface area contributed by atoms with Gasteiger partial charge in [-0.1, -0.05) is 63.6 Å². The minimum absolute atomic E-state index is 0.102. The molecule has 0 saturated carbocycles. The quantitative estimate of drug-likeness (QED) is 0.472. The molecule has 0 N–H and O–H groups in total. The van der Waals surface area contributed by atoms with Crippen molar-refractivity contribution in [1.82, 2.24) is 0 Å². The Balaban J connectivity index is 1.63. The highest BCUT2D eigenvalue weighted by molar-refractivity contribution is 9.10. The fourth-order valence-electron chi connectivity index (χ4n) is 2.77. The van der Waals surface area contributed by atoms with Crippen molar-refractivity contribution < 1.29 is 9.53 Å². The highest BCUT2D eigenvalue weighted by Gasteiger charge is 2.28. The van der Waals surface area contributed by atoms with Crippen molar-refractivity contribution in [3.05, 3.63) is 76.2 Å². The molecule has 0 fully saturated rings. The summed E-state index contributed by atoms with van der Waals surface area (Å²) in [6.07, 6.45) is 0. The second-order valence-electron chi connectivity index (χ2n) is 5.63. The van der Waals surface area contributed by atoms with Crippen LogP contribution in [-0.2, 0) is 4.79 Å². The van der Waals surface area contributed by atoms with Crippen molar-refractivity contribution in [3.63, 3.8) is 0 Å². The van der Waals surface area contributed by atoms with E-state index in [1.54, 1.807) is 28.8 Å². The highest BCUT2D eigenvalue weighted by Crippen LogP contribution is 2.47. The van der Waals surface area contributed by atoms with Crippen LogP contribution >= 0.6 is 39.3 Å². The van der Waals surface area contributed by atoms with Crippen molar-refractivity contribution in [3.8, 4) is 5.75 Å². The number of nitrogens with zero attached hydrogens (tertiary/aromatic N) is 1. The van der Waals surface area contributed by atoms with E-state index in [1.807, 2.05) is 54.6 Å². The predicted octanol–water partition coefficient (Wildman–Crippen LogP) is 6.31. The molecule has 3 aromatic carbocycles. The van der Waals surface area contributed by atoms with Gasteiger partial charge in [-0.05, 0) is 42.5 Å². The molecule has 6 heteroatoms. The van der Waals surface area contributed by atoms with Gasteiger partial charge in [0.1, 0.15) is 5.75 Å². The third-order valence-electron chi connectivity index (χ3n) is 3.93. The summed E-state index contributed by atoms with van der Waals surface area (Å²) < 4.78 is 6.54. The molecule has 130 valence electrons. The Kier molecular flexibility index (Phi) is 4.94. The van der Waals surface area contributed by atoms with Gasteiger partial charge in [0, 0.05) is 14.3 Å². The normalized spacial score (nSPS) is 12.3. The molecule has 0 radical (unpaired) electrons. The molecule has 3 nitrogen and oxygen atoms in total. The standard InChI is InChI=1S/C20H13BrClNO2S/c21-13-9-10-17(14(22)11-13)25-12-20(24)23-15-5-1-3-7-18(15)26-19-8-4-2-6-16(19)23/h1-11H,12H2. The lowest BCUT2D eigenvalue weighted by atomic mass is 10.2. The molecule has 26 heavy (non-hydrogen) atoms. The average Bonchev–Trinajstić information content (AvgIpc) is 2.65. The smallest absolute Gasteiger partial charge is 0.269 e. The molecule has 1 amide bonds. The number of amides is 1. The van der Waals surface area contributed by atoms with Crippen molar-refractivity contribution >= 4 is 56.6 Å². The minimum atomic E-state index is -0.149. The minimum Gasteiger partial charge on any atom is -0.482 e. The van der Waals surface area contributed by atoms with Gasteiger partial charge in [0.25, 0.3) is 5.91 Å². The van der Waals surface area contributed by atoms with Crippen molar-refractivity contribution in [2.45, 2.75) is 9.79 Å². The number of ether oxygens (including phenoxy) is 1. The number of hydrogen-bond donors (Lipinski definition) is 0. The SMILES string of the molecule is O=C(COc1ccc(Br)cc1Cl)N1c2ccccc2Sc2ccccc21. The van der Waals surface area contributed by atoms with Gasteiger partial charge in [-0.2, -0.15) is 0 Å². The van der Waals surface area contributed by atoms with E-state index in [2.05, 4.69) is 15.9 Å². The van der Waals surface area contributed by atoms with Gasteiger partial charge >= 0.3 is 0 Å². The molecule has 3 aromatic rings. The summed E-state index contributed by atoms with van der Waals surface area (Å²) in [5.74, 6) is 0.334. The average molecular weight is 447 g/mol. The first-order chi connectivity index (χ1) is 12.6. The van der Waals surface area contributed by atoms with Crippen molar-refractivity contribution in [2.24, 2.45) is 0 Å². The molecule has 0 saturated heterocycles. The summed E-state index contributed by atoms with van der Waals surface area (Å²) in [5, 5.41) is 0.460. The van der Waals surface area contributed by atoms with Crippen LogP contribution in [0.3, 0.4) is 0 Å². The topological polar surface area (TPSA) is 29.5 Å². The van der Waals surface area contributed by atoms with Gasteiger partial charge in [-0.25, -0.2) is 0 Å². The van der Waals surface area contributed by atoms with E-state index in [1.165, 1.54) is 0 Å². The lowest BCUT2D eigenvalue weighted by molar-refractivity contribution is -0.119. The number of anilines is 2. The maximum Gasteiger partial charge on any atom is 0.269 e. The zero-order valence-corrected chi connectivity index (χ0v) is 16.6. The van der Waals surface area contributed by atoms with Crippen LogP contribution in [0.15, 0.2) is 81.0 Å². The molecule has 0 aromatic heterocycles. The van der Waals surface area contributed by atoms with Crippen molar-refractivity contribution in [2.75, 3.05) is 11.5 Å². The van der Waals surface area contributed by atoms with Crippen LogP contribution in [-0.4, -0.2) is 12.5 Å². The second kappa shape index (κ2) is 7.35. The zero-order valence-electron chi connectivity index (χ0n) is 13.5. The van der Waals surface area contributed by atoms with Crippen LogP contribution in [0.4, 0.5) is 11.4 Å². The molecular weight excluding hydrogens is 434 g/mol. The summed E-state index contributed by atoms with van der Waals surface area (Å²) in [7, 11) is 0. The Bertz CT molecular complexity index is 950. The number of hydrogen-bond acceptors (Lipinski definition) is 3. The fraction of sp³-hybridized carbons (Fsp3) is 0.0500. The van der Waals surface area contributed by atoms with Gasteiger partial charge in [0.15, 0.2) is 6.61 Å². The number of rotatable bonds is 3. The Labute approximate surface area is 169 Å². The van der Waals surface area contributed by atoms with E-state index in [9.17, 15) is 4.79 Å². The summed E-state index contributed by atoms with van der Waals surface area (Å²) in [4.78, 5) is 16.8. The molecule has 0 bridgehead atoms. The number of carbonyl (C=O) groups is 1. The van der Waals surface area contributed by atoms with E-state index in [0.717, 1.165) is 25.6 Å². The van der Waals surface area contributed by atoms with Gasteiger partial charge < -0.3 is 4.74 Å². The highest BCUT2D eigenvalue weighted by atomic mass is 79.9. The van der Waals surface area contributed by atoms with E-state index in [0.29, 0.717) is 10.8 Å². The Morgan fingerprint density at radius 3 is 2.23 bits per heavy atom. The Hall–Kier alpha value is -1.95. The molecule has 0 aliphatic carbocycles. The Morgan fingerprint density at radius 2 is 1.62 bits per heavy atom. The van der Waals surface area contributed by atoms with E-state index in [4.69, 9.17) is 16.3 Å². The summed E-state index contributed by atoms with van der Waals surface area (Å²) >= 11 is 11.2. The molecule has 0 atom stereocenters. The van der Waals surface area contributed by atoms with Crippen LogP contribution < -0.4 is 9.64 Å². The van der Waals surface area contributed by atoms with Gasteiger partial charge in [-0.15, -0.1) is 0 Å². The first kappa shape index (κ1) is 17.5. The summed E-state index contributed by atoms with van der Waals surface area (Å²) in [6.45, 7) is -0.102. The first-order valence-corrected chi connectivity index (χ1v) is 9.89. The van der Waals surface area contributed by atoms with Crippen molar-refractivity contribution in [1.29, 1.82) is 0 Å². The predicted molar refractivity (Wildman–Crippen MR) is 109 cm³/mol. The van der Waals surface area contributed by atoms with E-state index in [-0.39, 0.29) is 12.5 Å². The van der Waals surface area contributed by atoms with Crippen LogP contribution in [0.5, 0.6) is 5.75 Å². The summed E-state index contributed by atoms with van der Waals surface area (Å²) in [5.41, 5.74) is 1.73. The van der Waals surface area contributed by atoms with Crippen LogP contribution in [0, 0.1) is 0 Å². The molecule has 1 heterocycles. The third-order valence-corrected chi connectivity index (χ3v) is 5.85. The van der Waals surface area contributed by atoms with Gasteiger partial charge in [0.05, 0.1) is 16.4 Å². The van der Waals surface area contributed by atoms with Crippen LogP contribution in [0.2, 0.25) is 5.02 Å². The largest absolute Gasteiger partial charge is 0.482 e. The molecule has 1 aliphatic rings. The van der Waals surface area contributed by atoms with Crippen LogP contribution in [0.25, 0.3) is 0 Å². The van der Waals surface area contributed by atoms with E-state index >= 15 is 0 Å². The van der Waals surface area contributed by atoms with Gasteiger partial charge in [0.2, 0.25) is 0 Å². The number of fused-ring (bicyclic) bond motifs is 2. The maximum atomic E-state index is 13.0. The number of para-hydroxylation sites is 2. The fourth-order valence-corrected chi connectivity index (χ4v) is 4.56. The Morgan fingerprint density at radius 1 is 1.00 bits per heavy atom. The number of halogens is 2. The molecule has 0 spiro atoms. The first-order valence-electron chi connectivity index (χ1n) is 7.90. The number of carbonyl (C=O) groups excluding carboxylic acids is 1. The summed E-state index contributed by atoms with van der Waals surface area (Å²) in [6, 6.07) is 21.0. The maximum absolute atomic E-state index is 13.0. The lowest BCUT2D eigenvalue weighted by Gasteiger charge is -2.31. The molecule has 4 rings (SSSR count). The molecular formula is C20H13BrClNO2S. The van der Waals surface area contributed by atoms with E-state index < -0.39 is 0 Å². The zero-order chi connectivity index (χ0) is 18.1. The third kappa shape index (κ3) is 3.34. The van der Waals surface area contributed by atoms with Crippen LogP contribution in [0.1, 0.15) is 0 Å². The molecule has 0 unspecified atom stereocenters.